The Kier molecular flexibility index (Phi) is 4.39. The number of aliphatic hydroxyl groups is 1. The number of carbonyl (C=O) groups excluding carboxylic acids is 1. The van der Waals surface area contributed by atoms with Crippen LogP contribution in [-0.2, 0) is 0 Å². The lowest BCUT2D eigenvalue weighted by atomic mass is 9.99. The Labute approximate surface area is 118 Å². The Morgan fingerprint density at radius 1 is 1.55 bits per heavy atom. The highest BCUT2D eigenvalue weighted by molar-refractivity contribution is 5.92. The molecule has 2 heterocycles. The average molecular weight is 281 g/mol. The number of rotatable bonds is 4. The van der Waals surface area contributed by atoms with Crippen molar-refractivity contribution in [1.82, 2.24) is 25.6 Å². The SMILES string of the molecule is CC(O)C(C)(C)NC(=O)c1cn(C2CCNCC2)nn1. The van der Waals surface area contributed by atoms with Gasteiger partial charge in [0.05, 0.1) is 23.9 Å². The number of piperidine rings is 1. The first-order chi connectivity index (χ1) is 9.40. The van der Waals surface area contributed by atoms with E-state index in [2.05, 4.69) is 20.9 Å². The van der Waals surface area contributed by atoms with Crippen LogP contribution in [0.3, 0.4) is 0 Å². The van der Waals surface area contributed by atoms with Crippen molar-refractivity contribution in [2.75, 3.05) is 13.1 Å². The molecule has 0 aliphatic carbocycles. The van der Waals surface area contributed by atoms with Gasteiger partial charge >= 0.3 is 0 Å². The van der Waals surface area contributed by atoms with Gasteiger partial charge in [-0.2, -0.15) is 0 Å². The van der Waals surface area contributed by atoms with Crippen LogP contribution in [0.25, 0.3) is 0 Å². The molecule has 1 saturated heterocycles. The van der Waals surface area contributed by atoms with Crippen molar-refractivity contribution < 1.29 is 9.90 Å². The number of nitrogens with zero attached hydrogens (tertiary/aromatic N) is 3. The molecule has 0 radical (unpaired) electrons. The van der Waals surface area contributed by atoms with Crippen molar-refractivity contribution in [3.05, 3.63) is 11.9 Å². The maximum atomic E-state index is 12.1. The second kappa shape index (κ2) is 5.88. The molecule has 7 heteroatoms. The van der Waals surface area contributed by atoms with Crippen molar-refractivity contribution in [3.63, 3.8) is 0 Å². The largest absolute Gasteiger partial charge is 0.391 e. The van der Waals surface area contributed by atoms with Crippen molar-refractivity contribution >= 4 is 5.91 Å². The van der Waals surface area contributed by atoms with Crippen LogP contribution in [0.4, 0.5) is 0 Å². The van der Waals surface area contributed by atoms with Crippen LogP contribution in [0.5, 0.6) is 0 Å². The predicted molar refractivity (Wildman–Crippen MR) is 74.4 cm³/mol. The number of amides is 1. The van der Waals surface area contributed by atoms with Crippen molar-refractivity contribution in [2.24, 2.45) is 0 Å². The van der Waals surface area contributed by atoms with Crippen LogP contribution in [0.2, 0.25) is 0 Å². The van der Waals surface area contributed by atoms with E-state index in [1.807, 2.05) is 0 Å². The first-order valence-corrected chi connectivity index (χ1v) is 7.03. The quantitative estimate of drug-likeness (QED) is 0.727. The summed E-state index contributed by atoms with van der Waals surface area (Å²) in [5, 5.41) is 23.7. The molecule has 1 aromatic heterocycles. The molecule has 1 aromatic rings. The molecule has 1 atom stereocenters. The zero-order chi connectivity index (χ0) is 14.8. The highest BCUT2D eigenvalue weighted by atomic mass is 16.3. The van der Waals surface area contributed by atoms with Gasteiger partial charge in [0.1, 0.15) is 0 Å². The Morgan fingerprint density at radius 2 is 2.20 bits per heavy atom. The molecule has 1 aliphatic heterocycles. The van der Waals surface area contributed by atoms with Gasteiger partial charge in [0.25, 0.3) is 5.91 Å². The molecule has 2 rings (SSSR count). The fourth-order valence-corrected chi connectivity index (χ4v) is 2.09. The van der Waals surface area contributed by atoms with Gasteiger partial charge in [-0.1, -0.05) is 5.21 Å². The summed E-state index contributed by atoms with van der Waals surface area (Å²) in [4.78, 5) is 12.1. The summed E-state index contributed by atoms with van der Waals surface area (Å²) in [7, 11) is 0. The average Bonchev–Trinajstić information content (AvgIpc) is 2.88. The van der Waals surface area contributed by atoms with Gasteiger partial charge < -0.3 is 15.7 Å². The Hall–Kier alpha value is -1.47. The molecule has 0 bridgehead atoms. The van der Waals surface area contributed by atoms with Gasteiger partial charge in [-0.25, -0.2) is 4.68 Å². The van der Waals surface area contributed by atoms with E-state index in [0.717, 1.165) is 25.9 Å². The zero-order valence-electron chi connectivity index (χ0n) is 12.3. The second-order valence-electron chi connectivity index (χ2n) is 5.92. The minimum atomic E-state index is -0.699. The molecular weight excluding hydrogens is 258 g/mol. The van der Waals surface area contributed by atoms with Crippen LogP contribution in [0.1, 0.15) is 50.1 Å². The lowest BCUT2D eigenvalue weighted by Gasteiger charge is -2.28. The first-order valence-electron chi connectivity index (χ1n) is 7.03. The molecule has 0 spiro atoms. The van der Waals surface area contributed by atoms with Crippen LogP contribution in [0.15, 0.2) is 6.20 Å². The fourth-order valence-electron chi connectivity index (χ4n) is 2.09. The van der Waals surface area contributed by atoms with E-state index in [1.54, 1.807) is 31.6 Å². The molecule has 1 unspecified atom stereocenters. The van der Waals surface area contributed by atoms with E-state index in [-0.39, 0.29) is 11.6 Å². The van der Waals surface area contributed by atoms with Crippen LogP contribution in [-0.4, -0.2) is 50.7 Å². The third-order valence-corrected chi connectivity index (χ3v) is 3.91. The van der Waals surface area contributed by atoms with Gasteiger partial charge in [-0.3, -0.25) is 4.79 Å². The highest BCUT2D eigenvalue weighted by Gasteiger charge is 2.28. The highest BCUT2D eigenvalue weighted by Crippen LogP contribution is 2.17. The van der Waals surface area contributed by atoms with Crippen LogP contribution in [0, 0.1) is 0 Å². The summed E-state index contributed by atoms with van der Waals surface area (Å²) >= 11 is 0. The monoisotopic (exact) mass is 281 g/mol. The van der Waals surface area contributed by atoms with E-state index < -0.39 is 11.6 Å². The molecule has 20 heavy (non-hydrogen) atoms. The molecule has 0 aromatic carbocycles. The molecule has 7 nitrogen and oxygen atoms in total. The third-order valence-electron chi connectivity index (χ3n) is 3.91. The third kappa shape index (κ3) is 3.34. The number of aliphatic hydroxyl groups excluding tert-OH is 1. The number of hydrogen-bond donors (Lipinski definition) is 3. The summed E-state index contributed by atoms with van der Waals surface area (Å²) < 4.78 is 1.77. The van der Waals surface area contributed by atoms with Crippen LogP contribution < -0.4 is 10.6 Å². The molecule has 1 aliphatic rings. The van der Waals surface area contributed by atoms with Gasteiger partial charge in [-0.05, 0) is 46.7 Å². The van der Waals surface area contributed by atoms with Gasteiger partial charge in [-0.15, -0.1) is 5.10 Å². The second-order valence-corrected chi connectivity index (χ2v) is 5.92. The molecule has 1 amide bonds. The lowest BCUT2D eigenvalue weighted by molar-refractivity contribution is 0.0705. The van der Waals surface area contributed by atoms with Crippen molar-refractivity contribution in [3.8, 4) is 0 Å². The maximum Gasteiger partial charge on any atom is 0.273 e. The molecule has 112 valence electrons. The predicted octanol–water partition coefficient (Wildman–Crippen LogP) is 0.0918. The summed E-state index contributed by atoms with van der Waals surface area (Å²) in [5.74, 6) is -0.309. The van der Waals surface area contributed by atoms with Crippen molar-refractivity contribution in [1.29, 1.82) is 0 Å². The minimum absolute atomic E-state index is 0.289. The minimum Gasteiger partial charge on any atom is -0.391 e. The molecule has 0 saturated carbocycles. The molecule has 3 N–H and O–H groups in total. The molecular formula is C13H23N5O2. The van der Waals surface area contributed by atoms with Gasteiger partial charge in [0, 0.05) is 0 Å². The summed E-state index contributed by atoms with van der Waals surface area (Å²) in [6.45, 7) is 7.11. The Bertz CT molecular complexity index is 463. The van der Waals surface area contributed by atoms with E-state index in [4.69, 9.17) is 0 Å². The van der Waals surface area contributed by atoms with Crippen molar-refractivity contribution in [2.45, 2.75) is 51.3 Å². The van der Waals surface area contributed by atoms with E-state index in [1.165, 1.54) is 0 Å². The van der Waals surface area contributed by atoms with E-state index in [9.17, 15) is 9.90 Å². The number of hydrogen-bond acceptors (Lipinski definition) is 5. The smallest absolute Gasteiger partial charge is 0.273 e. The fraction of sp³-hybridized carbons (Fsp3) is 0.769. The maximum absolute atomic E-state index is 12.1. The zero-order valence-corrected chi connectivity index (χ0v) is 12.3. The lowest BCUT2D eigenvalue weighted by Crippen LogP contribution is -2.51. The van der Waals surface area contributed by atoms with E-state index in [0.29, 0.717) is 6.04 Å². The molecule has 1 fully saturated rings. The summed E-state index contributed by atoms with van der Waals surface area (Å²) in [6.07, 6.45) is 3.02. The van der Waals surface area contributed by atoms with Gasteiger partial charge in [0.15, 0.2) is 5.69 Å². The van der Waals surface area contributed by atoms with E-state index >= 15 is 0 Å². The normalized spacial score (nSPS) is 18.8. The Balaban J connectivity index is 2.02. The van der Waals surface area contributed by atoms with Gasteiger partial charge in [0.2, 0.25) is 0 Å². The number of aromatic nitrogens is 3. The Morgan fingerprint density at radius 3 is 2.80 bits per heavy atom. The number of carbonyl (C=O) groups is 1. The van der Waals surface area contributed by atoms with Crippen LogP contribution >= 0.6 is 0 Å². The summed E-state index contributed by atoms with van der Waals surface area (Å²) in [6, 6.07) is 0.301. The first kappa shape index (κ1) is 14.9. The topological polar surface area (TPSA) is 92.1 Å². The number of nitrogens with one attached hydrogen (secondary N) is 2. The standard InChI is InChI=1S/C13H23N5O2/c1-9(19)13(2,3)15-12(20)11-8-18(17-16-11)10-4-6-14-7-5-10/h8-10,14,19H,4-7H2,1-3H3,(H,15,20). The summed E-state index contributed by atoms with van der Waals surface area (Å²) in [5.41, 5.74) is -0.410.